The van der Waals surface area contributed by atoms with E-state index >= 15 is 0 Å². The largest absolute Gasteiger partial charge is 0.373 e. The van der Waals surface area contributed by atoms with Crippen molar-refractivity contribution in [2.75, 3.05) is 26.2 Å². The molecule has 0 saturated carbocycles. The number of carbonyl (C=O) groups excluding carboxylic acids is 1. The molecule has 1 N–H and O–H groups in total. The van der Waals surface area contributed by atoms with Crippen molar-refractivity contribution in [2.24, 2.45) is 0 Å². The van der Waals surface area contributed by atoms with Crippen LogP contribution in [0.4, 0.5) is 0 Å². The molecule has 0 radical (unpaired) electrons. The smallest absolute Gasteiger partial charge is 0.263 e. The number of carbonyl (C=O) groups is 1. The van der Waals surface area contributed by atoms with Gasteiger partial charge < -0.3 is 10.1 Å². The molecule has 2 rings (SSSR count). The van der Waals surface area contributed by atoms with Gasteiger partial charge in [-0.05, 0) is 20.8 Å². The monoisotopic (exact) mass is 325 g/mol. The van der Waals surface area contributed by atoms with Gasteiger partial charge in [0.1, 0.15) is 4.88 Å². The average molecular weight is 325 g/mol. The van der Waals surface area contributed by atoms with Gasteiger partial charge in [-0.15, -0.1) is 11.3 Å². The normalized spacial score (nSPS) is 23.0. The van der Waals surface area contributed by atoms with Crippen molar-refractivity contribution in [1.82, 2.24) is 15.2 Å². The van der Waals surface area contributed by atoms with Crippen LogP contribution in [0.3, 0.4) is 0 Å². The molecule has 1 aliphatic heterocycles. The highest BCUT2D eigenvalue weighted by atomic mass is 32.1. The van der Waals surface area contributed by atoms with E-state index in [1.54, 1.807) is 0 Å². The van der Waals surface area contributed by atoms with Gasteiger partial charge in [-0.25, -0.2) is 4.98 Å². The van der Waals surface area contributed by atoms with Crippen LogP contribution in [0.1, 0.15) is 54.0 Å². The number of amides is 1. The zero-order chi connectivity index (χ0) is 16.3. The summed E-state index contributed by atoms with van der Waals surface area (Å²) < 4.78 is 5.72. The summed E-state index contributed by atoms with van der Waals surface area (Å²) in [6.45, 7) is 13.7. The maximum Gasteiger partial charge on any atom is 0.263 e. The number of hydrogen-bond acceptors (Lipinski definition) is 5. The average Bonchev–Trinajstić information content (AvgIpc) is 2.80. The lowest BCUT2D eigenvalue weighted by molar-refractivity contribution is -0.0672. The number of nitrogens with one attached hydrogen (secondary N) is 1. The maximum absolute atomic E-state index is 12.3. The molecule has 5 nitrogen and oxygen atoms in total. The number of aromatic nitrogens is 1. The standard InChI is InChI=1S/C16H27N3O2S/c1-10(2)16-18-13(5)14(22-16)15(20)17-6-7-19-8-11(3)21-12(4)9-19/h10-12H,6-9H2,1-5H3,(H,17,20)/t11-,12-/m0/s1. The molecule has 1 aliphatic rings. The molecule has 0 aromatic carbocycles. The van der Waals surface area contributed by atoms with Crippen LogP contribution in [0, 0.1) is 6.92 Å². The lowest BCUT2D eigenvalue weighted by Gasteiger charge is -2.35. The number of ether oxygens (including phenoxy) is 1. The van der Waals surface area contributed by atoms with Gasteiger partial charge in [0, 0.05) is 32.1 Å². The van der Waals surface area contributed by atoms with Crippen LogP contribution in [0.25, 0.3) is 0 Å². The Kier molecular flexibility index (Phi) is 5.94. The Balaban J connectivity index is 1.83. The highest BCUT2D eigenvalue weighted by molar-refractivity contribution is 7.13. The van der Waals surface area contributed by atoms with Crippen LogP contribution in [-0.2, 0) is 4.74 Å². The topological polar surface area (TPSA) is 54.5 Å². The Labute approximate surface area is 137 Å². The Morgan fingerprint density at radius 3 is 2.59 bits per heavy atom. The molecule has 22 heavy (non-hydrogen) atoms. The fourth-order valence-corrected chi connectivity index (χ4v) is 3.74. The number of morpholine rings is 1. The van der Waals surface area contributed by atoms with Crippen molar-refractivity contribution in [3.63, 3.8) is 0 Å². The van der Waals surface area contributed by atoms with Gasteiger partial charge in [-0.1, -0.05) is 13.8 Å². The zero-order valence-electron chi connectivity index (χ0n) is 14.2. The second-order valence-corrected chi connectivity index (χ2v) is 7.42. The number of aryl methyl sites for hydroxylation is 1. The molecule has 0 bridgehead atoms. The third-order valence-electron chi connectivity index (χ3n) is 3.72. The lowest BCUT2D eigenvalue weighted by Crippen LogP contribution is -2.47. The minimum absolute atomic E-state index is 0.00347. The van der Waals surface area contributed by atoms with Gasteiger partial charge in [0.15, 0.2) is 0 Å². The van der Waals surface area contributed by atoms with Gasteiger partial charge in [0.2, 0.25) is 0 Å². The van der Waals surface area contributed by atoms with E-state index in [0.717, 1.165) is 35.2 Å². The van der Waals surface area contributed by atoms with Crippen molar-refractivity contribution in [3.8, 4) is 0 Å². The second kappa shape index (κ2) is 7.53. The van der Waals surface area contributed by atoms with Gasteiger partial charge in [-0.2, -0.15) is 0 Å². The molecule has 2 atom stereocenters. The summed E-state index contributed by atoms with van der Waals surface area (Å²) in [5, 5.41) is 4.04. The summed E-state index contributed by atoms with van der Waals surface area (Å²) in [7, 11) is 0. The van der Waals surface area contributed by atoms with Gasteiger partial charge >= 0.3 is 0 Å². The van der Waals surface area contributed by atoms with Crippen LogP contribution in [0.2, 0.25) is 0 Å². The predicted molar refractivity (Wildman–Crippen MR) is 89.7 cm³/mol. The zero-order valence-corrected chi connectivity index (χ0v) is 15.0. The van der Waals surface area contributed by atoms with Gasteiger partial charge in [0.05, 0.1) is 22.9 Å². The van der Waals surface area contributed by atoms with E-state index in [1.165, 1.54) is 11.3 Å². The fourth-order valence-electron chi connectivity index (χ4n) is 2.75. The van der Waals surface area contributed by atoms with E-state index in [4.69, 9.17) is 4.74 Å². The quantitative estimate of drug-likeness (QED) is 0.903. The lowest BCUT2D eigenvalue weighted by atomic mass is 10.2. The Morgan fingerprint density at radius 2 is 2.05 bits per heavy atom. The van der Waals surface area contributed by atoms with Crippen LogP contribution in [0.5, 0.6) is 0 Å². The van der Waals surface area contributed by atoms with Crippen LogP contribution < -0.4 is 5.32 Å². The highest BCUT2D eigenvalue weighted by Crippen LogP contribution is 2.24. The molecule has 0 unspecified atom stereocenters. The van der Waals surface area contributed by atoms with Crippen molar-refractivity contribution in [2.45, 2.75) is 52.7 Å². The molecule has 2 heterocycles. The first-order chi connectivity index (χ1) is 10.4. The van der Waals surface area contributed by atoms with Crippen LogP contribution in [0.15, 0.2) is 0 Å². The predicted octanol–water partition coefficient (Wildman–Crippen LogP) is 2.41. The molecule has 6 heteroatoms. The van der Waals surface area contributed by atoms with Crippen LogP contribution >= 0.6 is 11.3 Å². The first kappa shape index (κ1) is 17.4. The third kappa shape index (κ3) is 4.51. The van der Waals surface area contributed by atoms with E-state index in [2.05, 4.69) is 42.9 Å². The van der Waals surface area contributed by atoms with E-state index in [0.29, 0.717) is 12.5 Å². The summed E-state index contributed by atoms with van der Waals surface area (Å²) in [5.74, 6) is 0.359. The first-order valence-electron chi connectivity index (χ1n) is 8.00. The summed E-state index contributed by atoms with van der Waals surface area (Å²) in [5.41, 5.74) is 0.833. The molecule has 0 aliphatic carbocycles. The number of hydrogen-bond donors (Lipinski definition) is 1. The summed E-state index contributed by atoms with van der Waals surface area (Å²) in [6, 6.07) is 0. The van der Waals surface area contributed by atoms with E-state index in [1.807, 2.05) is 6.92 Å². The van der Waals surface area contributed by atoms with E-state index in [-0.39, 0.29) is 18.1 Å². The van der Waals surface area contributed by atoms with Crippen molar-refractivity contribution >= 4 is 17.2 Å². The highest BCUT2D eigenvalue weighted by Gasteiger charge is 2.22. The number of rotatable bonds is 5. The molecule has 1 aromatic rings. The third-order valence-corrected chi connectivity index (χ3v) is 5.18. The van der Waals surface area contributed by atoms with Crippen molar-refractivity contribution < 1.29 is 9.53 Å². The fraction of sp³-hybridized carbons (Fsp3) is 0.750. The van der Waals surface area contributed by atoms with Gasteiger partial charge in [0.25, 0.3) is 5.91 Å². The Bertz CT molecular complexity index is 505. The molecule has 0 spiro atoms. The minimum Gasteiger partial charge on any atom is -0.373 e. The molecular weight excluding hydrogens is 298 g/mol. The second-order valence-electron chi connectivity index (χ2n) is 6.39. The minimum atomic E-state index is -0.00347. The SMILES string of the molecule is Cc1nc(C(C)C)sc1C(=O)NCCN1C[C@H](C)O[C@@H](C)C1. The van der Waals surface area contributed by atoms with E-state index in [9.17, 15) is 4.79 Å². The molecule has 1 saturated heterocycles. The van der Waals surface area contributed by atoms with Crippen LogP contribution in [-0.4, -0.2) is 54.2 Å². The molecular formula is C16H27N3O2S. The Morgan fingerprint density at radius 1 is 1.41 bits per heavy atom. The molecule has 1 amide bonds. The summed E-state index contributed by atoms with van der Waals surface area (Å²) in [4.78, 5) is 19.9. The summed E-state index contributed by atoms with van der Waals surface area (Å²) in [6.07, 6.45) is 0.522. The summed E-state index contributed by atoms with van der Waals surface area (Å²) >= 11 is 1.51. The Hall–Kier alpha value is -0.980. The maximum atomic E-state index is 12.3. The first-order valence-corrected chi connectivity index (χ1v) is 8.81. The number of nitrogens with zero attached hydrogens (tertiary/aromatic N) is 2. The molecule has 1 aromatic heterocycles. The molecule has 1 fully saturated rings. The molecule has 124 valence electrons. The van der Waals surface area contributed by atoms with E-state index < -0.39 is 0 Å². The van der Waals surface area contributed by atoms with Crippen molar-refractivity contribution in [1.29, 1.82) is 0 Å². The van der Waals surface area contributed by atoms with Gasteiger partial charge in [-0.3, -0.25) is 9.69 Å². The van der Waals surface area contributed by atoms with Crippen molar-refractivity contribution in [3.05, 3.63) is 15.6 Å². The number of thiazole rings is 1.